The van der Waals surface area contributed by atoms with Crippen molar-refractivity contribution >= 4 is 19.8 Å². The molecule has 0 rings (SSSR count). The molecule has 11 nitrogen and oxygen atoms in total. The number of rotatable bonds is 38. The Kier molecular flexibility index (Phi) is 37.4. The molecule has 0 heterocycles. The van der Waals surface area contributed by atoms with E-state index in [-0.39, 0.29) is 19.4 Å². The van der Waals surface area contributed by atoms with E-state index in [1.165, 1.54) is 51.4 Å². The second-order valence-corrected chi connectivity index (χ2v) is 15.3. The quantitative estimate of drug-likeness (QED) is 0.0154. The maximum atomic E-state index is 12.6. The maximum Gasteiger partial charge on any atom is 0.472 e. The van der Waals surface area contributed by atoms with Crippen LogP contribution in [0.4, 0.5) is 0 Å². The fourth-order valence-electron chi connectivity index (χ4n) is 5.16. The van der Waals surface area contributed by atoms with E-state index in [2.05, 4.69) is 35.8 Å². The van der Waals surface area contributed by atoms with Crippen molar-refractivity contribution < 1.29 is 52.9 Å². The molecule has 4 N–H and O–H groups in total. The van der Waals surface area contributed by atoms with Crippen molar-refractivity contribution in [3.8, 4) is 0 Å². The van der Waals surface area contributed by atoms with Gasteiger partial charge in [-0.2, -0.15) is 0 Å². The van der Waals surface area contributed by atoms with Crippen LogP contribution in [0.25, 0.3) is 0 Å². The fourth-order valence-corrected chi connectivity index (χ4v) is 5.95. The summed E-state index contributed by atoms with van der Waals surface area (Å²) in [5.41, 5.74) is 0. The van der Waals surface area contributed by atoms with Crippen LogP contribution in [0, 0.1) is 0 Å². The van der Waals surface area contributed by atoms with Crippen LogP contribution in [-0.2, 0) is 32.7 Å². The molecule has 0 spiro atoms. The molecule has 0 aliphatic heterocycles. The first-order valence-corrected chi connectivity index (χ1v) is 22.5. The van der Waals surface area contributed by atoms with E-state index < -0.39 is 57.9 Å². The first-order valence-electron chi connectivity index (χ1n) is 21.0. The zero-order valence-electron chi connectivity index (χ0n) is 34.4. The zero-order valence-corrected chi connectivity index (χ0v) is 35.3. The van der Waals surface area contributed by atoms with Gasteiger partial charge in [0.2, 0.25) is 0 Å². The number of allylic oxidation sites excluding steroid dienone is 10. The second kappa shape index (κ2) is 39.2. The average Bonchev–Trinajstić information content (AvgIpc) is 3.18. The number of phosphoric acid groups is 1. The van der Waals surface area contributed by atoms with Crippen molar-refractivity contribution in [1.82, 2.24) is 0 Å². The molecule has 0 amide bonds. The molecule has 0 aromatic carbocycles. The highest BCUT2D eigenvalue weighted by atomic mass is 31.2. The van der Waals surface area contributed by atoms with Crippen LogP contribution in [-0.4, -0.2) is 76.9 Å². The smallest absolute Gasteiger partial charge is 0.462 e. The number of carbonyl (C=O) groups is 2. The van der Waals surface area contributed by atoms with E-state index in [9.17, 15) is 29.3 Å². The lowest BCUT2D eigenvalue weighted by Crippen LogP contribution is -2.29. The Morgan fingerprint density at radius 2 is 1.18 bits per heavy atom. The van der Waals surface area contributed by atoms with E-state index >= 15 is 0 Å². The molecule has 0 fully saturated rings. The molecule has 0 saturated carbocycles. The molecule has 0 saturated heterocycles. The molecule has 2 unspecified atom stereocenters. The number of hydrogen-bond donors (Lipinski definition) is 4. The third-order valence-electron chi connectivity index (χ3n) is 8.42. The number of hydrogen-bond acceptors (Lipinski definition) is 10. The fraction of sp³-hybridized carbons (Fsp3) is 0.682. The van der Waals surface area contributed by atoms with Gasteiger partial charge in [-0.3, -0.25) is 18.6 Å². The second-order valence-electron chi connectivity index (χ2n) is 13.8. The molecule has 0 aliphatic rings. The van der Waals surface area contributed by atoms with Gasteiger partial charge in [0.05, 0.1) is 25.9 Å². The number of unbranched alkanes of at least 4 members (excludes halogenated alkanes) is 12. The summed E-state index contributed by atoms with van der Waals surface area (Å²) < 4.78 is 32.6. The summed E-state index contributed by atoms with van der Waals surface area (Å²) in [4.78, 5) is 34.9. The highest BCUT2D eigenvalue weighted by Gasteiger charge is 2.27. The normalized spacial score (nSPS) is 15.2. The van der Waals surface area contributed by atoms with Gasteiger partial charge in [0, 0.05) is 12.8 Å². The van der Waals surface area contributed by atoms with Gasteiger partial charge in [-0.15, -0.1) is 0 Å². The van der Waals surface area contributed by atoms with Crippen LogP contribution < -0.4 is 0 Å². The van der Waals surface area contributed by atoms with Gasteiger partial charge in [0.25, 0.3) is 0 Å². The van der Waals surface area contributed by atoms with Gasteiger partial charge < -0.3 is 29.7 Å². The third kappa shape index (κ3) is 38.3. The topological polar surface area (TPSA) is 169 Å². The Morgan fingerprint density at radius 3 is 1.86 bits per heavy atom. The van der Waals surface area contributed by atoms with Crippen molar-refractivity contribution in [2.45, 2.75) is 167 Å². The molecular weight excluding hydrogens is 735 g/mol. The summed E-state index contributed by atoms with van der Waals surface area (Å²) in [6, 6.07) is 0. The molecule has 0 aliphatic carbocycles. The van der Waals surface area contributed by atoms with Gasteiger partial charge >= 0.3 is 19.8 Å². The Balaban J connectivity index is 4.47. The molecule has 322 valence electrons. The number of aliphatic hydroxyl groups is 3. The summed E-state index contributed by atoms with van der Waals surface area (Å²) in [5, 5.41) is 28.1. The van der Waals surface area contributed by atoms with Crippen LogP contribution in [0.3, 0.4) is 0 Å². The minimum Gasteiger partial charge on any atom is -0.462 e. The van der Waals surface area contributed by atoms with Gasteiger partial charge in [-0.05, 0) is 70.6 Å². The molecule has 0 bridgehead atoms. The van der Waals surface area contributed by atoms with Gasteiger partial charge in [0.1, 0.15) is 12.7 Å². The predicted molar refractivity (Wildman–Crippen MR) is 225 cm³/mol. The van der Waals surface area contributed by atoms with Crippen molar-refractivity contribution in [3.63, 3.8) is 0 Å². The van der Waals surface area contributed by atoms with Gasteiger partial charge in [-0.25, -0.2) is 4.57 Å². The highest BCUT2D eigenvalue weighted by molar-refractivity contribution is 7.47. The minimum atomic E-state index is -4.65. The molecule has 0 radical (unpaired) electrons. The van der Waals surface area contributed by atoms with E-state index in [1.807, 2.05) is 49.5 Å². The SMILES string of the molecule is CC/C=C\C(O)C/C=C/C=C\C/C=C\C/C=C\CCCC(=O)O[C@H](COC(=O)CCCCCCCCC/C=C\CCCCCC)COP(=O)(O)OC[C@@H](O)CO. The Morgan fingerprint density at radius 1 is 0.625 bits per heavy atom. The number of carbonyl (C=O) groups excluding carboxylic acids is 2. The zero-order chi connectivity index (χ0) is 41.4. The molecule has 0 aromatic rings. The Hall–Kier alpha value is -2.63. The average molecular weight is 811 g/mol. The molecule has 12 heteroatoms. The minimum absolute atomic E-state index is 0.0840. The van der Waals surface area contributed by atoms with E-state index in [1.54, 1.807) is 6.08 Å². The van der Waals surface area contributed by atoms with Crippen molar-refractivity contribution in [2.24, 2.45) is 0 Å². The van der Waals surface area contributed by atoms with Crippen LogP contribution >= 0.6 is 7.82 Å². The first-order chi connectivity index (χ1) is 27.1. The van der Waals surface area contributed by atoms with E-state index in [0.29, 0.717) is 25.7 Å². The highest BCUT2D eigenvalue weighted by Crippen LogP contribution is 2.43. The van der Waals surface area contributed by atoms with E-state index in [0.717, 1.165) is 44.9 Å². The summed E-state index contributed by atoms with van der Waals surface area (Å²) in [6.07, 6.45) is 40.7. The van der Waals surface area contributed by atoms with Crippen molar-refractivity contribution in [3.05, 3.63) is 72.9 Å². The third-order valence-corrected chi connectivity index (χ3v) is 9.37. The first kappa shape index (κ1) is 53.4. The Bertz CT molecular complexity index is 1180. The number of aliphatic hydroxyl groups excluding tert-OH is 3. The maximum absolute atomic E-state index is 12.6. The number of ether oxygens (including phenoxy) is 2. The van der Waals surface area contributed by atoms with Crippen LogP contribution in [0.15, 0.2) is 72.9 Å². The van der Waals surface area contributed by atoms with Crippen molar-refractivity contribution in [1.29, 1.82) is 0 Å². The van der Waals surface area contributed by atoms with Crippen LogP contribution in [0.1, 0.15) is 149 Å². The summed E-state index contributed by atoms with van der Waals surface area (Å²) >= 11 is 0. The Labute approximate surface area is 338 Å². The van der Waals surface area contributed by atoms with Crippen LogP contribution in [0.5, 0.6) is 0 Å². The largest absolute Gasteiger partial charge is 0.472 e. The lowest BCUT2D eigenvalue weighted by atomic mass is 10.1. The molecule has 0 aromatic heterocycles. The van der Waals surface area contributed by atoms with Crippen molar-refractivity contribution in [2.75, 3.05) is 26.4 Å². The molecular formula is C44H75O11P. The van der Waals surface area contributed by atoms with E-state index in [4.69, 9.17) is 19.1 Å². The summed E-state index contributed by atoms with van der Waals surface area (Å²) in [7, 11) is -4.65. The monoisotopic (exact) mass is 811 g/mol. The van der Waals surface area contributed by atoms with Gasteiger partial charge in [-0.1, -0.05) is 138 Å². The summed E-state index contributed by atoms with van der Waals surface area (Å²) in [5.74, 6) is -1.03. The lowest BCUT2D eigenvalue weighted by molar-refractivity contribution is -0.161. The summed E-state index contributed by atoms with van der Waals surface area (Å²) in [6.45, 7) is 2.03. The lowest BCUT2D eigenvalue weighted by Gasteiger charge is -2.20. The van der Waals surface area contributed by atoms with Gasteiger partial charge in [0.15, 0.2) is 6.10 Å². The number of esters is 2. The molecule has 4 atom stereocenters. The number of phosphoric ester groups is 1. The van der Waals surface area contributed by atoms with Crippen LogP contribution in [0.2, 0.25) is 0 Å². The predicted octanol–water partition coefficient (Wildman–Crippen LogP) is 9.86. The molecule has 56 heavy (non-hydrogen) atoms. The standard InChI is InChI=1S/C44H75O11P/c1-3-5-7-8-9-10-11-12-13-14-18-21-24-27-30-34-43(48)52-38-42(39-54-56(50,51)53-37-41(47)36-45)55-44(49)35-31-28-25-22-19-16-15-17-20-23-26-29-33-40(46)32-6-4-2/h6,10-11,15-16,20,22-23,25-26,29,32,40-42,45-47H,3-5,7-9,12-14,17-19,21,24,27-28,30-31,33-39H2,1-2H3,(H,50,51)/b11-10-,16-15-,23-20-,25-22-,29-26+,32-6-/t40?,41-,42+/m0/s1.